The number of aromatic amines is 1. The highest BCUT2D eigenvalue weighted by molar-refractivity contribution is 5.76. The van der Waals surface area contributed by atoms with Gasteiger partial charge < -0.3 is 27.5 Å². The van der Waals surface area contributed by atoms with E-state index in [0.29, 0.717) is 18.7 Å². The van der Waals surface area contributed by atoms with E-state index >= 15 is 0 Å². The number of nitrogens with one attached hydrogen (secondary N) is 2. The number of hydrogen-bond acceptors (Lipinski definition) is 5. The van der Waals surface area contributed by atoms with E-state index in [1.165, 1.54) is 5.56 Å². The summed E-state index contributed by atoms with van der Waals surface area (Å²) in [6.45, 7) is 19.7. The molecule has 4 aromatic rings. The molecule has 2 aromatic heterocycles. The molecule has 0 spiro atoms. The van der Waals surface area contributed by atoms with E-state index in [1.54, 1.807) is 10.6 Å². The number of hydrogen-bond donors (Lipinski definition) is 5. The number of aryl methyl sites for hydroxylation is 1. The summed E-state index contributed by atoms with van der Waals surface area (Å²) in [4.78, 5) is 23.9. The summed E-state index contributed by atoms with van der Waals surface area (Å²) in [6, 6.07) is 15.4. The van der Waals surface area contributed by atoms with Crippen molar-refractivity contribution < 1.29 is 4.39 Å². The summed E-state index contributed by atoms with van der Waals surface area (Å²) in [5, 5.41) is 4.27. The summed E-state index contributed by atoms with van der Waals surface area (Å²) in [6.07, 6.45) is 4.68. The van der Waals surface area contributed by atoms with E-state index in [2.05, 4.69) is 61.0 Å². The predicted octanol–water partition coefficient (Wildman–Crippen LogP) is 5.81. The lowest BCUT2D eigenvalue weighted by molar-refractivity contribution is 0.347. The highest BCUT2D eigenvalue weighted by Crippen LogP contribution is 2.28. The lowest BCUT2D eigenvalue weighted by Gasteiger charge is -2.24. The number of halogens is 1. The molecule has 10 heteroatoms. The summed E-state index contributed by atoms with van der Waals surface area (Å²) in [7, 11) is 0. The fourth-order valence-electron chi connectivity index (χ4n) is 4.89. The molecule has 4 rings (SSSR count). The molecule has 0 amide bonds. The normalized spacial score (nSPS) is 12.1. The molecule has 0 aliphatic rings. The minimum atomic E-state index is -0.301. The first kappa shape index (κ1) is 37.4. The van der Waals surface area contributed by atoms with Crippen LogP contribution >= 0.6 is 0 Å². The molecule has 8 N–H and O–H groups in total. The smallest absolute Gasteiger partial charge is 0.354 e. The minimum absolute atomic E-state index is 0.0352. The third kappa shape index (κ3) is 11.3. The second-order valence-corrected chi connectivity index (χ2v) is 15.1. The van der Waals surface area contributed by atoms with Crippen molar-refractivity contribution in [3.63, 3.8) is 0 Å². The van der Waals surface area contributed by atoms with Gasteiger partial charge in [0.05, 0.1) is 5.69 Å². The summed E-state index contributed by atoms with van der Waals surface area (Å²) in [5.41, 5.74) is 21.6. The van der Waals surface area contributed by atoms with Gasteiger partial charge in [-0.3, -0.25) is 9.56 Å². The molecule has 0 aliphatic heterocycles. The molecule has 0 atom stereocenters. The van der Waals surface area contributed by atoms with E-state index < -0.39 is 0 Å². The highest BCUT2D eigenvalue weighted by atomic mass is 19.1. The standard InChI is InChI=1S/C21H29N7O.C16H26FN/c1-21(2,3)17-11-15-13-28(20(29)27-18(15)26-17)16-7-5-14(6-8-16)12-24-9-4-10-25-19(22)23;1-15(2,3)13-10-12(6-7-14(13)17)8-9-16(4,5)11-18/h5-8,11,13,24H,4,9-10,12H2,1-3H3,(H4,22,23,25)(H,26,27,29);6-7,10H,8-9,11,18H2,1-5H3. The van der Waals surface area contributed by atoms with Gasteiger partial charge >= 0.3 is 5.69 Å². The van der Waals surface area contributed by atoms with Crippen LogP contribution in [0.1, 0.15) is 90.6 Å². The number of nitrogens with zero attached hydrogens (tertiary/aromatic N) is 3. The Morgan fingerprint density at radius 2 is 1.62 bits per heavy atom. The van der Waals surface area contributed by atoms with Crippen molar-refractivity contribution in [3.8, 4) is 5.69 Å². The monoisotopic (exact) mass is 646 g/mol. The van der Waals surface area contributed by atoms with Gasteiger partial charge in [-0.05, 0) is 84.1 Å². The quantitative estimate of drug-likeness (QED) is 0.0788. The fourth-order valence-corrected chi connectivity index (χ4v) is 4.89. The van der Waals surface area contributed by atoms with E-state index in [0.717, 1.165) is 60.2 Å². The molecule has 0 aliphatic carbocycles. The Bertz CT molecular complexity index is 1680. The molecule has 256 valence electrons. The zero-order valence-corrected chi connectivity index (χ0v) is 29.5. The molecule has 0 fully saturated rings. The van der Waals surface area contributed by atoms with Crippen LogP contribution < -0.4 is 28.2 Å². The van der Waals surface area contributed by atoms with Gasteiger partial charge in [0, 0.05) is 35.8 Å². The van der Waals surface area contributed by atoms with Crippen molar-refractivity contribution in [3.05, 3.63) is 93.4 Å². The van der Waals surface area contributed by atoms with Crippen molar-refractivity contribution in [2.45, 2.75) is 92.0 Å². The maximum Gasteiger partial charge on any atom is 0.354 e. The molecular formula is C37H55FN8O. The summed E-state index contributed by atoms with van der Waals surface area (Å²) < 4.78 is 15.4. The zero-order valence-electron chi connectivity index (χ0n) is 29.5. The Morgan fingerprint density at radius 1 is 0.957 bits per heavy atom. The molecule has 2 aromatic carbocycles. The van der Waals surface area contributed by atoms with Crippen molar-refractivity contribution in [1.29, 1.82) is 0 Å². The van der Waals surface area contributed by atoms with Gasteiger partial charge in [-0.2, -0.15) is 4.98 Å². The molecule has 0 unspecified atom stereocenters. The van der Waals surface area contributed by atoms with Gasteiger partial charge in [-0.1, -0.05) is 79.7 Å². The third-order valence-corrected chi connectivity index (χ3v) is 8.15. The Hall–Kier alpha value is -4.02. The number of aromatic nitrogens is 3. The maximum atomic E-state index is 13.8. The SMILES string of the molecule is CC(C)(C)c1cc2cn(-c3ccc(CNCCCN=C(N)N)cc3)c(=O)nc2[nH]1.CC(C)(CN)CCc1ccc(F)c(C(C)(C)C)c1. The average Bonchev–Trinajstić information content (AvgIpc) is 3.42. The van der Waals surface area contributed by atoms with E-state index in [4.69, 9.17) is 17.2 Å². The number of H-pyrrole nitrogens is 1. The average molecular weight is 647 g/mol. The van der Waals surface area contributed by atoms with Crippen molar-refractivity contribution in [1.82, 2.24) is 19.9 Å². The van der Waals surface area contributed by atoms with Crippen LogP contribution in [0.3, 0.4) is 0 Å². The van der Waals surface area contributed by atoms with Crippen molar-refractivity contribution >= 4 is 17.0 Å². The summed E-state index contributed by atoms with van der Waals surface area (Å²) in [5.74, 6) is 0.0158. The van der Waals surface area contributed by atoms with Crippen LogP contribution in [0, 0.1) is 11.2 Å². The second kappa shape index (κ2) is 15.7. The van der Waals surface area contributed by atoms with Gasteiger partial charge in [0.15, 0.2) is 5.96 Å². The highest BCUT2D eigenvalue weighted by Gasteiger charge is 2.20. The van der Waals surface area contributed by atoms with Gasteiger partial charge in [0.1, 0.15) is 11.5 Å². The molecule has 9 nitrogen and oxygen atoms in total. The molecule has 2 heterocycles. The number of fused-ring (bicyclic) bond motifs is 1. The lowest BCUT2D eigenvalue weighted by atomic mass is 9.83. The number of nitrogens with two attached hydrogens (primary N) is 3. The van der Waals surface area contributed by atoms with Crippen LogP contribution in [0.15, 0.2) is 64.5 Å². The Balaban J connectivity index is 0.000000287. The molecule has 0 saturated carbocycles. The number of benzene rings is 2. The van der Waals surface area contributed by atoms with Crippen LogP contribution in [-0.2, 0) is 23.8 Å². The number of guanidine groups is 1. The Labute approximate surface area is 279 Å². The van der Waals surface area contributed by atoms with Crippen LogP contribution in [-0.4, -0.2) is 40.1 Å². The van der Waals surface area contributed by atoms with E-state index in [-0.39, 0.29) is 33.7 Å². The molecule has 47 heavy (non-hydrogen) atoms. The summed E-state index contributed by atoms with van der Waals surface area (Å²) >= 11 is 0. The molecular weight excluding hydrogens is 591 g/mol. The van der Waals surface area contributed by atoms with Gasteiger partial charge in [0.25, 0.3) is 0 Å². The van der Waals surface area contributed by atoms with Gasteiger partial charge in [-0.25, -0.2) is 9.18 Å². The zero-order chi connectivity index (χ0) is 35.0. The van der Waals surface area contributed by atoms with E-state index in [9.17, 15) is 9.18 Å². The maximum absolute atomic E-state index is 13.8. The molecule has 0 bridgehead atoms. The molecule has 0 saturated heterocycles. The number of aliphatic imine (C=N–C) groups is 1. The minimum Gasteiger partial charge on any atom is -0.370 e. The largest absolute Gasteiger partial charge is 0.370 e. The van der Waals surface area contributed by atoms with Crippen molar-refractivity contribution in [2.24, 2.45) is 27.6 Å². The lowest BCUT2D eigenvalue weighted by Crippen LogP contribution is -2.24. The fraction of sp³-hybridized carbons (Fsp3) is 0.486. The second-order valence-electron chi connectivity index (χ2n) is 15.1. The van der Waals surface area contributed by atoms with Gasteiger partial charge in [-0.15, -0.1) is 0 Å². The topological polar surface area (TPSA) is 153 Å². The number of rotatable bonds is 11. The predicted molar refractivity (Wildman–Crippen MR) is 194 cm³/mol. The van der Waals surface area contributed by atoms with Crippen LogP contribution in [0.5, 0.6) is 0 Å². The Kier molecular flexibility index (Phi) is 12.5. The Morgan fingerprint density at radius 3 is 2.21 bits per heavy atom. The van der Waals surface area contributed by atoms with Crippen molar-refractivity contribution in [2.75, 3.05) is 19.6 Å². The van der Waals surface area contributed by atoms with Crippen LogP contribution in [0.2, 0.25) is 0 Å². The van der Waals surface area contributed by atoms with Crippen LogP contribution in [0.25, 0.3) is 16.7 Å². The first-order chi connectivity index (χ1) is 21.9. The first-order valence-corrected chi connectivity index (χ1v) is 16.4. The van der Waals surface area contributed by atoms with Crippen LogP contribution in [0.4, 0.5) is 4.39 Å². The van der Waals surface area contributed by atoms with E-state index in [1.807, 2.05) is 63.4 Å². The van der Waals surface area contributed by atoms with Gasteiger partial charge in [0.2, 0.25) is 0 Å². The molecule has 0 radical (unpaired) electrons. The third-order valence-electron chi connectivity index (χ3n) is 8.15. The first-order valence-electron chi connectivity index (χ1n) is 16.4.